The van der Waals surface area contributed by atoms with E-state index in [0.717, 1.165) is 31.7 Å². The summed E-state index contributed by atoms with van der Waals surface area (Å²) in [5.74, 6) is 1.71. The average molecular weight is 344 g/mol. The van der Waals surface area contributed by atoms with Crippen LogP contribution in [0.25, 0.3) is 0 Å². The number of nitrogens with one attached hydrogen (secondary N) is 1. The predicted octanol–water partition coefficient (Wildman–Crippen LogP) is 3.53. The molecule has 1 saturated carbocycles. The lowest BCUT2D eigenvalue weighted by Gasteiger charge is -2.35. The summed E-state index contributed by atoms with van der Waals surface area (Å²) in [4.78, 5) is 15.1. The van der Waals surface area contributed by atoms with Gasteiger partial charge in [-0.2, -0.15) is 0 Å². The summed E-state index contributed by atoms with van der Waals surface area (Å²) in [6.45, 7) is 8.76. The Balaban J connectivity index is 1.62. The van der Waals surface area contributed by atoms with Gasteiger partial charge in [0.15, 0.2) is 0 Å². The van der Waals surface area contributed by atoms with E-state index in [2.05, 4.69) is 35.3 Å². The SMILES string of the molecule is CCOc1ccc2c(c1)CN([C@H](C)C(=O)N[C@H]1CCCC[C@@H]1C)CC2. The first-order valence-electron chi connectivity index (χ1n) is 9.87. The van der Waals surface area contributed by atoms with Crippen molar-refractivity contribution in [1.29, 1.82) is 0 Å². The lowest BCUT2D eigenvalue weighted by molar-refractivity contribution is -0.127. The van der Waals surface area contributed by atoms with Crippen LogP contribution in [0, 0.1) is 5.92 Å². The van der Waals surface area contributed by atoms with Gasteiger partial charge in [0, 0.05) is 19.1 Å². The first-order chi connectivity index (χ1) is 12.1. The zero-order chi connectivity index (χ0) is 17.8. The second-order valence-corrected chi connectivity index (χ2v) is 7.64. The highest BCUT2D eigenvalue weighted by Gasteiger charge is 2.29. The summed E-state index contributed by atoms with van der Waals surface area (Å²) in [6.07, 6.45) is 5.89. The maximum Gasteiger partial charge on any atom is 0.237 e. The molecule has 1 heterocycles. The molecule has 1 N–H and O–H groups in total. The average Bonchev–Trinajstić information content (AvgIpc) is 2.62. The molecule has 4 heteroatoms. The molecule has 138 valence electrons. The van der Waals surface area contributed by atoms with E-state index in [9.17, 15) is 4.79 Å². The minimum Gasteiger partial charge on any atom is -0.494 e. The lowest BCUT2D eigenvalue weighted by atomic mass is 9.86. The summed E-state index contributed by atoms with van der Waals surface area (Å²) in [5.41, 5.74) is 2.68. The van der Waals surface area contributed by atoms with Gasteiger partial charge in [-0.3, -0.25) is 9.69 Å². The molecule has 25 heavy (non-hydrogen) atoms. The number of fused-ring (bicyclic) bond motifs is 1. The minimum atomic E-state index is -0.0852. The van der Waals surface area contributed by atoms with Crippen LogP contribution < -0.4 is 10.1 Å². The summed E-state index contributed by atoms with van der Waals surface area (Å²) in [7, 11) is 0. The fraction of sp³-hybridized carbons (Fsp3) is 0.667. The van der Waals surface area contributed by atoms with Crippen molar-refractivity contribution in [2.24, 2.45) is 5.92 Å². The van der Waals surface area contributed by atoms with Crippen LogP contribution in [0.4, 0.5) is 0 Å². The van der Waals surface area contributed by atoms with Crippen LogP contribution in [-0.2, 0) is 17.8 Å². The van der Waals surface area contributed by atoms with Crippen molar-refractivity contribution in [2.45, 2.75) is 71.5 Å². The monoisotopic (exact) mass is 344 g/mol. The van der Waals surface area contributed by atoms with Crippen LogP contribution in [0.2, 0.25) is 0 Å². The lowest BCUT2D eigenvalue weighted by Crippen LogP contribution is -2.51. The molecule has 0 bridgehead atoms. The van der Waals surface area contributed by atoms with E-state index in [4.69, 9.17) is 4.74 Å². The molecule has 0 aromatic heterocycles. The number of amides is 1. The Kier molecular flexibility index (Phi) is 6.00. The van der Waals surface area contributed by atoms with Crippen molar-refractivity contribution in [1.82, 2.24) is 10.2 Å². The third kappa shape index (κ3) is 4.35. The fourth-order valence-corrected chi connectivity index (χ4v) is 4.14. The number of hydrogen-bond donors (Lipinski definition) is 1. The van der Waals surface area contributed by atoms with Crippen molar-refractivity contribution >= 4 is 5.91 Å². The van der Waals surface area contributed by atoms with Gasteiger partial charge in [-0.05, 0) is 62.3 Å². The molecule has 1 fully saturated rings. The van der Waals surface area contributed by atoms with Gasteiger partial charge in [0.25, 0.3) is 0 Å². The summed E-state index contributed by atoms with van der Waals surface area (Å²) in [6, 6.07) is 6.63. The highest BCUT2D eigenvalue weighted by molar-refractivity contribution is 5.81. The fourth-order valence-electron chi connectivity index (χ4n) is 4.14. The van der Waals surface area contributed by atoms with Crippen molar-refractivity contribution in [3.8, 4) is 5.75 Å². The number of benzene rings is 1. The van der Waals surface area contributed by atoms with Crippen LogP contribution in [-0.4, -0.2) is 36.0 Å². The van der Waals surface area contributed by atoms with Gasteiger partial charge in [-0.1, -0.05) is 25.8 Å². The third-order valence-corrected chi connectivity index (χ3v) is 5.90. The number of ether oxygens (including phenoxy) is 1. The standard InChI is InChI=1S/C21H32N2O2/c1-4-25-19-10-9-17-11-12-23(14-18(17)13-19)16(3)21(24)22-20-8-6-5-7-15(20)2/h9-10,13,15-16,20H,4-8,11-12,14H2,1-3H3,(H,22,24)/t15-,16+,20-/m0/s1. The van der Waals surface area contributed by atoms with Gasteiger partial charge < -0.3 is 10.1 Å². The van der Waals surface area contributed by atoms with E-state index in [1.165, 1.54) is 30.4 Å². The molecule has 1 amide bonds. The highest BCUT2D eigenvalue weighted by Crippen LogP contribution is 2.26. The van der Waals surface area contributed by atoms with E-state index in [0.29, 0.717) is 18.6 Å². The van der Waals surface area contributed by atoms with Gasteiger partial charge in [-0.15, -0.1) is 0 Å². The van der Waals surface area contributed by atoms with Gasteiger partial charge >= 0.3 is 0 Å². The molecule has 1 aromatic carbocycles. The number of carbonyl (C=O) groups is 1. The molecule has 0 radical (unpaired) electrons. The number of nitrogens with zero attached hydrogens (tertiary/aromatic N) is 1. The third-order valence-electron chi connectivity index (χ3n) is 5.90. The van der Waals surface area contributed by atoms with Crippen molar-refractivity contribution in [3.05, 3.63) is 29.3 Å². The molecule has 4 nitrogen and oxygen atoms in total. The van der Waals surface area contributed by atoms with Crippen LogP contribution in [0.5, 0.6) is 5.75 Å². The highest BCUT2D eigenvalue weighted by atomic mass is 16.5. The molecule has 1 aliphatic carbocycles. The van der Waals surface area contributed by atoms with E-state index in [1.54, 1.807) is 0 Å². The molecule has 1 aromatic rings. The smallest absolute Gasteiger partial charge is 0.237 e. The zero-order valence-corrected chi connectivity index (χ0v) is 15.9. The molecule has 0 unspecified atom stereocenters. The van der Waals surface area contributed by atoms with Gasteiger partial charge in [0.1, 0.15) is 5.75 Å². The Morgan fingerprint density at radius 2 is 2.12 bits per heavy atom. The van der Waals surface area contributed by atoms with Crippen molar-refractivity contribution < 1.29 is 9.53 Å². The Bertz CT molecular complexity index is 602. The van der Waals surface area contributed by atoms with Gasteiger partial charge in [0.05, 0.1) is 12.6 Å². The van der Waals surface area contributed by atoms with Crippen LogP contribution in [0.1, 0.15) is 57.6 Å². The predicted molar refractivity (Wildman–Crippen MR) is 101 cm³/mol. The van der Waals surface area contributed by atoms with E-state index in [-0.39, 0.29) is 11.9 Å². The maximum absolute atomic E-state index is 12.8. The minimum absolute atomic E-state index is 0.0852. The zero-order valence-electron chi connectivity index (χ0n) is 15.9. The van der Waals surface area contributed by atoms with Crippen LogP contribution in [0.15, 0.2) is 18.2 Å². The quantitative estimate of drug-likeness (QED) is 0.888. The molecule has 1 aliphatic heterocycles. The number of rotatable bonds is 5. The number of carbonyl (C=O) groups excluding carboxylic acids is 1. The normalized spacial score (nSPS) is 25.1. The van der Waals surface area contributed by atoms with E-state index < -0.39 is 0 Å². The number of hydrogen-bond acceptors (Lipinski definition) is 3. The summed E-state index contributed by atoms with van der Waals surface area (Å²) >= 11 is 0. The Hall–Kier alpha value is -1.55. The van der Waals surface area contributed by atoms with Crippen LogP contribution >= 0.6 is 0 Å². The first-order valence-corrected chi connectivity index (χ1v) is 9.87. The Morgan fingerprint density at radius 1 is 1.32 bits per heavy atom. The molecular weight excluding hydrogens is 312 g/mol. The Morgan fingerprint density at radius 3 is 2.88 bits per heavy atom. The van der Waals surface area contributed by atoms with Gasteiger partial charge in [-0.25, -0.2) is 0 Å². The molecule has 3 rings (SSSR count). The molecule has 3 atom stereocenters. The van der Waals surface area contributed by atoms with Crippen molar-refractivity contribution in [2.75, 3.05) is 13.2 Å². The van der Waals surface area contributed by atoms with Crippen molar-refractivity contribution in [3.63, 3.8) is 0 Å². The van der Waals surface area contributed by atoms with E-state index in [1.807, 2.05) is 13.8 Å². The van der Waals surface area contributed by atoms with Gasteiger partial charge in [0.2, 0.25) is 5.91 Å². The summed E-state index contributed by atoms with van der Waals surface area (Å²) in [5, 5.41) is 3.32. The second-order valence-electron chi connectivity index (χ2n) is 7.64. The molecule has 2 aliphatic rings. The second kappa shape index (κ2) is 8.22. The topological polar surface area (TPSA) is 41.6 Å². The molecule has 0 spiro atoms. The summed E-state index contributed by atoms with van der Waals surface area (Å²) < 4.78 is 5.63. The maximum atomic E-state index is 12.8. The molecule has 0 saturated heterocycles. The largest absolute Gasteiger partial charge is 0.494 e. The molecular formula is C21H32N2O2. The Labute approximate surface area is 151 Å². The first kappa shape index (κ1) is 18.2. The van der Waals surface area contributed by atoms with E-state index >= 15 is 0 Å². The van der Waals surface area contributed by atoms with Crippen LogP contribution in [0.3, 0.4) is 0 Å².